The van der Waals surface area contributed by atoms with Crippen LogP contribution in [0.4, 0.5) is 8.78 Å². The van der Waals surface area contributed by atoms with Crippen LogP contribution in [0.3, 0.4) is 0 Å². The molecule has 0 N–H and O–H groups in total. The summed E-state index contributed by atoms with van der Waals surface area (Å²) in [5.74, 6) is -0.848. The highest BCUT2D eigenvalue weighted by molar-refractivity contribution is 5.65. The average Bonchev–Trinajstić information content (AvgIpc) is 2.80. The van der Waals surface area contributed by atoms with Gasteiger partial charge in [0.1, 0.15) is 0 Å². The zero-order valence-electron chi connectivity index (χ0n) is 19.1. The zero-order valence-corrected chi connectivity index (χ0v) is 19.1. The second-order valence-corrected chi connectivity index (χ2v) is 8.81. The van der Waals surface area contributed by atoms with Crippen molar-refractivity contribution >= 4 is 0 Å². The molecule has 31 heavy (non-hydrogen) atoms. The van der Waals surface area contributed by atoms with Crippen molar-refractivity contribution in [2.45, 2.75) is 78.1 Å². The molecule has 0 saturated heterocycles. The number of hydrogen-bond donors (Lipinski definition) is 0. The van der Waals surface area contributed by atoms with Gasteiger partial charge in [-0.05, 0) is 74.0 Å². The molecule has 0 amide bonds. The van der Waals surface area contributed by atoms with Crippen molar-refractivity contribution in [1.29, 1.82) is 0 Å². The predicted molar refractivity (Wildman–Crippen MR) is 128 cm³/mol. The van der Waals surface area contributed by atoms with Gasteiger partial charge in [0.05, 0.1) is 0 Å². The molecule has 0 fully saturated rings. The molecule has 2 aromatic rings. The predicted octanol–water partition coefficient (Wildman–Crippen LogP) is 8.99. The van der Waals surface area contributed by atoms with E-state index in [4.69, 9.17) is 0 Å². The number of hydrogen-bond acceptors (Lipinski definition) is 0. The van der Waals surface area contributed by atoms with Gasteiger partial charge in [-0.25, -0.2) is 8.78 Å². The molecule has 0 aromatic heterocycles. The number of benzene rings is 2. The Kier molecular flexibility index (Phi) is 9.06. The number of unbranched alkanes of at least 4 members (excludes halogenated alkanes) is 1. The van der Waals surface area contributed by atoms with Crippen LogP contribution in [-0.4, -0.2) is 0 Å². The molecular weight excluding hydrogens is 386 g/mol. The molecular formula is C29H36F2. The molecule has 1 aliphatic carbocycles. The van der Waals surface area contributed by atoms with Crippen LogP contribution in [0.1, 0.15) is 76.3 Å². The molecule has 0 radical (unpaired) electrons. The van der Waals surface area contributed by atoms with Gasteiger partial charge in [0, 0.05) is 5.56 Å². The topological polar surface area (TPSA) is 0 Å². The second kappa shape index (κ2) is 12.0. The molecule has 0 bridgehead atoms. The van der Waals surface area contributed by atoms with Crippen molar-refractivity contribution in [1.82, 2.24) is 0 Å². The number of allylic oxidation sites excluding steroid dienone is 4. The molecule has 2 aromatic carbocycles. The molecule has 0 saturated carbocycles. The molecule has 3 rings (SSSR count). The van der Waals surface area contributed by atoms with Crippen LogP contribution >= 0.6 is 0 Å². The first kappa shape index (κ1) is 23.4. The summed E-state index contributed by atoms with van der Waals surface area (Å²) in [5, 5.41) is 0. The van der Waals surface area contributed by atoms with E-state index in [1.165, 1.54) is 31.2 Å². The Morgan fingerprint density at radius 2 is 1.71 bits per heavy atom. The van der Waals surface area contributed by atoms with Crippen molar-refractivity contribution in [3.05, 3.63) is 83.0 Å². The van der Waals surface area contributed by atoms with E-state index in [2.05, 4.69) is 32.1 Å². The molecule has 0 aliphatic heterocycles. The van der Waals surface area contributed by atoms with E-state index >= 15 is 0 Å². The van der Waals surface area contributed by atoms with Gasteiger partial charge >= 0.3 is 0 Å². The largest absolute Gasteiger partial charge is 0.203 e. The third-order valence-electron chi connectivity index (χ3n) is 6.35. The van der Waals surface area contributed by atoms with E-state index in [1.807, 2.05) is 24.3 Å². The monoisotopic (exact) mass is 422 g/mol. The molecule has 166 valence electrons. The van der Waals surface area contributed by atoms with E-state index < -0.39 is 11.6 Å². The van der Waals surface area contributed by atoms with Gasteiger partial charge < -0.3 is 0 Å². The maximum atomic E-state index is 14.8. The summed E-state index contributed by atoms with van der Waals surface area (Å²) >= 11 is 0. The smallest absolute Gasteiger partial charge is 0.166 e. The summed E-state index contributed by atoms with van der Waals surface area (Å²) < 4.78 is 29.4. The standard InChI is InChI=1S/C29H36F2/c1-3-5-9-23-16-18-25(19-17-23)27-21-20-26(28(30)29(27)31)11-7-6-10-24-14-12-22(8-4-2)13-15-24/h6,10,12,16-21,24H,3-5,7-9,11,13-15H2,1-2H3. The fourth-order valence-electron chi connectivity index (χ4n) is 4.40. The molecule has 0 heterocycles. The van der Waals surface area contributed by atoms with Crippen LogP contribution in [0, 0.1) is 17.6 Å². The average molecular weight is 423 g/mol. The quantitative estimate of drug-likeness (QED) is 0.335. The summed E-state index contributed by atoms with van der Waals surface area (Å²) in [4.78, 5) is 0. The molecule has 1 atom stereocenters. The lowest BCUT2D eigenvalue weighted by atomic mass is 9.87. The maximum absolute atomic E-state index is 14.8. The second-order valence-electron chi connectivity index (χ2n) is 8.81. The van der Waals surface area contributed by atoms with Gasteiger partial charge in [-0.3, -0.25) is 0 Å². The third-order valence-corrected chi connectivity index (χ3v) is 6.35. The first-order valence-electron chi connectivity index (χ1n) is 12.0. The fourth-order valence-corrected chi connectivity index (χ4v) is 4.40. The van der Waals surface area contributed by atoms with Crippen molar-refractivity contribution in [2.75, 3.05) is 0 Å². The van der Waals surface area contributed by atoms with Crippen molar-refractivity contribution in [3.63, 3.8) is 0 Å². The fraction of sp³-hybridized carbons (Fsp3) is 0.448. The lowest BCUT2D eigenvalue weighted by Gasteiger charge is -2.18. The van der Waals surface area contributed by atoms with Gasteiger partial charge in [-0.15, -0.1) is 0 Å². The van der Waals surface area contributed by atoms with Gasteiger partial charge in [0.2, 0.25) is 0 Å². The van der Waals surface area contributed by atoms with Crippen LogP contribution in [0.25, 0.3) is 11.1 Å². The maximum Gasteiger partial charge on any atom is 0.166 e. The Morgan fingerprint density at radius 1 is 0.903 bits per heavy atom. The van der Waals surface area contributed by atoms with Gasteiger partial charge in [-0.1, -0.05) is 86.9 Å². The van der Waals surface area contributed by atoms with Crippen molar-refractivity contribution in [3.8, 4) is 11.1 Å². The molecule has 1 aliphatic rings. The third kappa shape index (κ3) is 6.63. The van der Waals surface area contributed by atoms with Crippen LogP contribution < -0.4 is 0 Å². The minimum atomic E-state index is -0.733. The van der Waals surface area contributed by atoms with Gasteiger partial charge in [-0.2, -0.15) is 0 Å². The first-order valence-corrected chi connectivity index (χ1v) is 12.0. The Balaban J connectivity index is 1.57. The highest BCUT2D eigenvalue weighted by atomic mass is 19.2. The van der Waals surface area contributed by atoms with Crippen LogP contribution in [0.5, 0.6) is 0 Å². The normalized spacial score (nSPS) is 16.6. The Bertz CT molecular complexity index is 890. The lowest BCUT2D eigenvalue weighted by Crippen LogP contribution is -2.03. The van der Waals surface area contributed by atoms with Crippen LogP contribution in [0.15, 0.2) is 60.2 Å². The molecule has 0 nitrogen and oxygen atoms in total. The van der Waals surface area contributed by atoms with E-state index in [-0.39, 0.29) is 0 Å². The molecule has 1 unspecified atom stereocenters. The Labute approximate surface area is 187 Å². The van der Waals surface area contributed by atoms with E-state index in [0.717, 1.165) is 37.7 Å². The van der Waals surface area contributed by atoms with E-state index in [9.17, 15) is 8.78 Å². The number of halogens is 2. The van der Waals surface area contributed by atoms with Crippen LogP contribution in [0.2, 0.25) is 0 Å². The minimum absolute atomic E-state index is 0.343. The highest BCUT2D eigenvalue weighted by Crippen LogP contribution is 2.29. The summed E-state index contributed by atoms with van der Waals surface area (Å²) in [6.07, 6.45) is 17.3. The summed E-state index contributed by atoms with van der Waals surface area (Å²) in [5.41, 5.74) is 4.37. The Morgan fingerprint density at radius 3 is 2.39 bits per heavy atom. The Hall–Kier alpha value is -2.22. The van der Waals surface area contributed by atoms with Gasteiger partial charge in [0.15, 0.2) is 11.6 Å². The van der Waals surface area contributed by atoms with Gasteiger partial charge in [0.25, 0.3) is 0 Å². The van der Waals surface area contributed by atoms with E-state index in [1.54, 1.807) is 17.7 Å². The zero-order chi connectivity index (χ0) is 22.1. The molecule has 2 heteroatoms. The number of aryl methyl sites for hydroxylation is 2. The van der Waals surface area contributed by atoms with Crippen LogP contribution in [-0.2, 0) is 12.8 Å². The molecule has 0 spiro atoms. The van der Waals surface area contributed by atoms with Crippen molar-refractivity contribution < 1.29 is 8.78 Å². The number of rotatable bonds is 10. The first-order chi connectivity index (χ1) is 15.1. The highest BCUT2D eigenvalue weighted by Gasteiger charge is 2.15. The summed E-state index contributed by atoms with van der Waals surface area (Å²) in [6.45, 7) is 4.39. The summed E-state index contributed by atoms with van der Waals surface area (Å²) in [6, 6.07) is 11.3. The van der Waals surface area contributed by atoms with E-state index in [0.29, 0.717) is 23.5 Å². The minimum Gasteiger partial charge on any atom is -0.203 e. The SMILES string of the molecule is CCCCc1ccc(-c2ccc(CCC=CC3CC=C(CCC)CC3)c(F)c2F)cc1. The van der Waals surface area contributed by atoms with Crippen molar-refractivity contribution in [2.24, 2.45) is 5.92 Å². The summed E-state index contributed by atoms with van der Waals surface area (Å²) in [7, 11) is 0. The lowest BCUT2D eigenvalue weighted by molar-refractivity contribution is 0.501.